The molecule has 3 rings (SSSR count). The second kappa shape index (κ2) is 13.0. The molecule has 0 saturated heterocycles. The average molecular weight is 535 g/mol. The van der Waals surface area contributed by atoms with Crippen LogP contribution in [0.1, 0.15) is 28.4 Å². The number of halogens is 3. The number of aromatic nitrogens is 1. The van der Waals surface area contributed by atoms with Crippen LogP contribution in [0.15, 0.2) is 60.9 Å². The van der Waals surface area contributed by atoms with E-state index in [0.29, 0.717) is 39.9 Å². The molecule has 1 N–H and O–H groups in total. The first-order chi connectivity index (χ1) is 17.7. The molecule has 3 aromatic rings. The number of carbonyl (C=O) groups excluding carboxylic acids is 2. The van der Waals surface area contributed by atoms with Crippen LogP contribution in [0.25, 0.3) is 0 Å². The number of amides is 1. The van der Waals surface area contributed by atoms with Gasteiger partial charge in [-0.3, -0.25) is 14.6 Å². The number of ether oxygens (including phenoxy) is 3. The Kier molecular flexibility index (Phi) is 9.78. The van der Waals surface area contributed by atoms with Crippen LogP contribution < -0.4 is 14.8 Å². The number of thioether (sulfide) groups is 1. The van der Waals surface area contributed by atoms with E-state index < -0.39 is 23.8 Å². The lowest BCUT2D eigenvalue weighted by atomic mass is 10.1. The van der Waals surface area contributed by atoms with E-state index in [1.165, 1.54) is 19.5 Å². The van der Waals surface area contributed by atoms with Gasteiger partial charge in [0.2, 0.25) is 0 Å². The predicted octanol–water partition coefficient (Wildman–Crippen LogP) is 6.04. The third-order valence-corrected chi connectivity index (χ3v) is 5.91. The molecule has 0 radical (unpaired) electrons. The Morgan fingerprint density at radius 3 is 2.51 bits per heavy atom. The SMILES string of the molecule is CCOC(=O)Cc1ccc(OC)c(Oc2ccc(NC(=O)c3cccnc3)cc2CSCC(F)(F)F)c1. The van der Waals surface area contributed by atoms with Gasteiger partial charge in [-0.15, -0.1) is 11.8 Å². The van der Waals surface area contributed by atoms with E-state index in [2.05, 4.69) is 10.3 Å². The van der Waals surface area contributed by atoms with Crippen molar-refractivity contribution in [3.05, 3.63) is 77.6 Å². The van der Waals surface area contributed by atoms with Gasteiger partial charge in [0.1, 0.15) is 5.75 Å². The largest absolute Gasteiger partial charge is 0.493 e. The van der Waals surface area contributed by atoms with Crippen LogP contribution in [0.3, 0.4) is 0 Å². The van der Waals surface area contributed by atoms with Crippen molar-refractivity contribution in [1.29, 1.82) is 0 Å². The summed E-state index contributed by atoms with van der Waals surface area (Å²) in [5.74, 6) is -0.969. The lowest BCUT2D eigenvalue weighted by Crippen LogP contribution is -2.12. The lowest BCUT2D eigenvalue weighted by molar-refractivity contribution is -0.142. The molecule has 0 atom stereocenters. The number of anilines is 1. The summed E-state index contributed by atoms with van der Waals surface area (Å²) in [4.78, 5) is 28.3. The molecule has 0 spiro atoms. The number of benzene rings is 2. The maximum atomic E-state index is 12.8. The summed E-state index contributed by atoms with van der Waals surface area (Å²) < 4.78 is 54.7. The normalized spacial score (nSPS) is 11.1. The third-order valence-electron chi connectivity index (χ3n) is 4.87. The maximum absolute atomic E-state index is 12.8. The second-order valence-corrected chi connectivity index (χ2v) is 8.68. The molecule has 0 saturated carbocycles. The molecule has 2 aromatic carbocycles. The molecule has 37 heavy (non-hydrogen) atoms. The third kappa shape index (κ3) is 8.71. The number of esters is 1. The van der Waals surface area contributed by atoms with E-state index in [0.717, 1.165) is 0 Å². The molecule has 1 amide bonds. The highest BCUT2D eigenvalue weighted by Crippen LogP contribution is 2.37. The van der Waals surface area contributed by atoms with Crippen LogP contribution >= 0.6 is 11.8 Å². The summed E-state index contributed by atoms with van der Waals surface area (Å²) in [7, 11) is 1.45. The number of nitrogens with zero attached hydrogens (tertiary/aromatic N) is 1. The monoisotopic (exact) mass is 534 g/mol. The number of alkyl halides is 3. The van der Waals surface area contributed by atoms with E-state index in [9.17, 15) is 22.8 Å². The van der Waals surface area contributed by atoms with Crippen molar-refractivity contribution in [2.24, 2.45) is 0 Å². The van der Waals surface area contributed by atoms with E-state index in [-0.39, 0.29) is 30.3 Å². The summed E-state index contributed by atoms with van der Waals surface area (Å²) in [5, 5.41) is 2.72. The summed E-state index contributed by atoms with van der Waals surface area (Å²) >= 11 is 0.669. The zero-order chi connectivity index (χ0) is 26.8. The molecule has 0 aliphatic carbocycles. The molecular formula is C26H25F3N2O5S. The Morgan fingerprint density at radius 1 is 1.05 bits per heavy atom. The fourth-order valence-corrected chi connectivity index (χ4v) is 4.03. The van der Waals surface area contributed by atoms with Crippen LogP contribution in [0, 0.1) is 0 Å². The molecule has 0 fully saturated rings. The minimum Gasteiger partial charge on any atom is -0.493 e. The summed E-state index contributed by atoms with van der Waals surface area (Å²) in [6.07, 6.45) is -1.37. The average Bonchev–Trinajstić information content (AvgIpc) is 2.85. The topological polar surface area (TPSA) is 86.8 Å². The zero-order valence-electron chi connectivity index (χ0n) is 20.1. The standard InChI is InChI=1S/C26H25F3N2O5S/c1-3-35-24(32)12-17-6-8-22(34-2)23(11-17)36-21-9-7-20(13-19(21)15-37-16-26(27,28)29)31-25(33)18-5-4-10-30-14-18/h4-11,13-14H,3,12,15-16H2,1-2H3,(H,31,33). The summed E-state index contributed by atoms with van der Waals surface area (Å²) in [6, 6.07) is 12.8. The smallest absolute Gasteiger partial charge is 0.397 e. The number of hydrogen-bond donors (Lipinski definition) is 1. The van der Waals surface area contributed by atoms with Crippen molar-refractivity contribution in [3.63, 3.8) is 0 Å². The van der Waals surface area contributed by atoms with Crippen molar-refractivity contribution >= 4 is 29.3 Å². The molecule has 1 aromatic heterocycles. The van der Waals surface area contributed by atoms with Gasteiger partial charge in [0, 0.05) is 29.4 Å². The Labute approximate surface area is 216 Å². The van der Waals surface area contributed by atoms with Crippen molar-refractivity contribution in [1.82, 2.24) is 4.98 Å². The highest BCUT2D eigenvalue weighted by Gasteiger charge is 2.27. The molecule has 1 heterocycles. The Bertz CT molecular complexity index is 1220. The van der Waals surface area contributed by atoms with Crippen LogP contribution in [0.4, 0.5) is 18.9 Å². The molecule has 11 heteroatoms. The van der Waals surface area contributed by atoms with Crippen LogP contribution in [0.5, 0.6) is 17.2 Å². The van der Waals surface area contributed by atoms with E-state index in [1.54, 1.807) is 55.5 Å². The van der Waals surface area contributed by atoms with Gasteiger partial charge in [-0.05, 0) is 55.0 Å². The minimum absolute atomic E-state index is 0.0157. The first-order valence-corrected chi connectivity index (χ1v) is 12.3. The fraction of sp³-hybridized carbons (Fsp3) is 0.269. The van der Waals surface area contributed by atoms with Crippen LogP contribution in [0.2, 0.25) is 0 Å². The van der Waals surface area contributed by atoms with Gasteiger partial charge in [-0.2, -0.15) is 13.2 Å². The molecule has 0 aliphatic heterocycles. The first kappa shape index (κ1) is 27.9. The van der Waals surface area contributed by atoms with E-state index in [4.69, 9.17) is 14.2 Å². The summed E-state index contributed by atoms with van der Waals surface area (Å²) in [6.45, 7) is 1.96. The zero-order valence-corrected chi connectivity index (χ0v) is 20.9. The van der Waals surface area contributed by atoms with Crippen LogP contribution in [-0.4, -0.2) is 42.5 Å². The maximum Gasteiger partial charge on any atom is 0.397 e. The number of hydrogen-bond acceptors (Lipinski definition) is 7. The van der Waals surface area contributed by atoms with Gasteiger partial charge in [0.25, 0.3) is 5.91 Å². The number of methoxy groups -OCH3 is 1. The highest BCUT2D eigenvalue weighted by molar-refractivity contribution is 7.98. The highest BCUT2D eigenvalue weighted by atomic mass is 32.2. The molecule has 0 aliphatic rings. The van der Waals surface area contributed by atoms with Gasteiger partial charge in [-0.25, -0.2) is 0 Å². The second-order valence-electron chi connectivity index (χ2n) is 7.70. The van der Waals surface area contributed by atoms with Crippen LogP contribution in [-0.2, 0) is 21.7 Å². The molecule has 0 bridgehead atoms. The first-order valence-electron chi connectivity index (χ1n) is 11.2. The molecule has 196 valence electrons. The molecule has 0 unspecified atom stereocenters. The number of carbonyl (C=O) groups is 2. The van der Waals surface area contributed by atoms with E-state index in [1.807, 2.05) is 0 Å². The van der Waals surface area contributed by atoms with Crippen molar-refractivity contribution in [2.45, 2.75) is 25.3 Å². The van der Waals surface area contributed by atoms with Crippen molar-refractivity contribution in [3.8, 4) is 17.2 Å². The predicted molar refractivity (Wildman–Crippen MR) is 134 cm³/mol. The number of pyridine rings is 1. The Balaban J connectivity index is 1.88. The van der Waals surface area contributed by atoms with Gasteiger partial charge >= 0.3 is 12.1 Å². The summed E-state index contributed by atoms with van der Waals surface area (Å²) in [5.41, 5.74) is 1.75. The Hall–Kier alpha value is -3.73. The van der Waals surface area contributed by atoms with Crippen molar-refractivity contribution < 1.29 is 37.0 Å². The quantitative estimate of drug-likeness (QED) is 0.300. The van der Waals surface area contributed by atoms with Gasteiger partial charge in [-0.1, -0.05) is 6.07 Å². The minimum atomic E-state index is -4.33. The number of nitrogens with one attached hydrogen (secondary N) is 1. The van der Waals surface area contributed by atoms with Gasteiger partial charge in [0.15, 0.2) is 11.5 Å². The lowest BCUT2D eigenvalue weighted by Gasteiger charge is -2.16. The fourth-order valence-electron chi connectivity index (χ4n) is 3.25. The molecular weight excluding hydrogens is 509 g/mol. The van der Waals surface area contributed by atoms with Gasteiger partial charge < -0.3 is 19.5 Å². The number of rotatable bonds is 11. The Morgan fingerprint density at radius 2 is 1.84 bits per heavy atom. The van der Waals surface area contributed by atoms with E-state index >= 15 is 0 Å². The molecule has 7 nitrogen and oxygen atoms in total. The van der Waals surface area contributed by atoms with Gasteiger partial charge in [0.05, 0.1) is 31.5 Å². The van der Waals surface area contributed by atoms with Crippen molar-refractivity contribution in [2.75, 3.05) is 24.8 Å².